The zero-order valence-electron chi connectivity index (χ0n) is 16.4. The number of amides is 1. The van der Waals surface area contributed by atoms with Gasteiger partial charge in [-0.05, 0) is 24.3 Å². The van der Waals surface area contributed by atoms with Crippen molar-refractivity contribution in [2.24, 2.45) is 0 Å². The summed E-state index contributed by atoms with van der Waals surface area (Å²) in [5.41, 5.74) is 1.77. The summed E-state index contributed by atoms with van der Waals surface area (Å²) in [6, 6.07) is 14.4. The van der Waals surface area contributed by atoms with Crippen LogP contribution in [0.4, 0.5) is 11.6 Å². The predicted molar refractivity (Wildman–Crippen MR) is 109 cm³/mol. The number of benzene rings is 2. The molecule has 1 heterocycles. The molecule has 0 unspecified atom stereocenters. The number of nitrogens with one attached hydrogen (secondary N) is 2. The number of nitrogens with zero attached hydrogens (tertiary/aromatic N) is 2. The SMILES string of the molecule is COc1ccc(Nc2nccc(C(=O)NCc3ccccc3OC)n2)c(OC)c1. The van der Waals surface area contributed by atoms with Gasteiger partial charge < -0.3 is 24.8 Å². The molecule has 3 aromatic rings. The fourth-order valence-corrected chi connectivity index (χ4v) is 2.68. The molecular weight excluding hydrogens is 372 g/mol. The molecule has 8 nitrogen and oxygen atoms in total. The normalized spacial score (nSPS) is 10.2. The van der Waals surface area contributed by atoms with E-state index in [0.29, 0.717) is 29.5 Å². The third-order valence-corrected chi connectivity index (χ3v) is 4.18. The van der Waals surface area contributed by atoms with E-state index in [2.05, 4.69) is 20.6 Å². The molecule has 0 aliphatic rings. The summed E-state index contributed by atoms with van der Waals surface area (Å²) in [6.45, 7) is 0.321. The van der Waals surface area contributed by atoms with Gasteiger partial charge in [-0.3, -0.25) is 4.79 Å². The Bertz CT molecular complexity index is 994. The Balaban J connectivity index is 1.71. The maximum Gasteiger partial charge on any atom is 0.270 e. The third kappa shape index (κ3) is 4.92. The second-order valence-corrected chi connectivity index (χ2v) is 5.95. The van der Waals surface area contributed by atoms with Crippen molar-refractivity contribution < 1.29 is 19.0 Å². The number of hydrogen-bond acceptors (Lipinski definition) is 7. The molecule has 1 amide bonds. The molecule has 8 heteroatoms. The van der Waals surface area contributed by atoms with Crippen LogP contribution in [0.15, 0.2) is 54.7 Å². The molecule has 0 spiro atoms. The summed E-state index contributed by atoms with van der Waals surface area (Å²) >= 11 is 0. The Morgan fingerprint density at radius 1 is 0.966 bits per heavy atom. The molecule has 2 aromatic carbocycles. The quantitative estimate of drug-likeness (QED) is 0.606. The Morgan fingerprint density at radius 3 is 2.52 bits per heavy atom. The van der Waals surface area contributed by atoms with E-state index in [1.807, 2.05) is 24.3 Å². The van der Waals surface area contributed by atoms with Crippen LogP contribution in [0.25, 0.3) is 0 Å². The van der Waals surface area contributed by atoms with E-state index in [0.717, 1.165) is 5.56 Å². The van der Waals surface area contributed by atoms with E-state index in [1.54, 1.807) is 45.6 Å². The van der Waals surface area contributed by atoms with Gasteiger partial charge in [0.2, 0.25) is 5.95 Å². The minimum Gasteiger partial charge on any atom is -0.497 e. The van der Waals surface area contributed by atoms with E-state index >= 15 is 0 Å². The third-order valence-electron chi connectivity index (χ3n) is 4.18. The fraction of sp³-hybridized carbons (Fsp3) is 0.190. The number of hydrogen-bond donors (Lipinski definition) is 2. The maximum absolute atomic E-state index is 12.5. The molecule has 0 atom stereocenters. The molecule has 0 aliphatic heterocycles. The van der Waals surface area contributed by atoms with Gasteiger partial charge in [-0.2, -0.15) is 0 Å². The van der Waals surface area contributed by atoms with E-state index in [1.165, 1.54) is 6.20 Å². The van der Waals surface area contributed by atoms with Crippen molar-refractivity contribution in [3.63, 3.8) is 0 Å². The number of carbonyl (C=O) groups is 1. The highest BCUT2D eigenvalue weighted by Gasteiger charge is 2.12. The largest absolute Gasteiger partial charge is 0.497 e. The number of aromatic nitrogens is 2. The molecule has 0 fully saturated rings. The molecular formula is C21H22N4O4. The predicted octanol–water partition coefficient (Wildman–Crippen LogP) is 3.18. The molecule has 29 heavy (non-hydrogen) atoms. The smallest absolute Gasteiger partial charge is 0.270 e. The lowest BCUT2D eigenvalue weighted by molar-refractivity contribution is 0.0945. The van der Waals surface area contributed by atoms with Crippen molar-refractivity contribution in [2.75, 3.05) is 26.6 Å². The average Bonchev–Trinajstić information content (AvgIpc) is 2.78. The minimum absolute atomic E-state index is 0.241. The molecule has 3 rings (SSSR count). The molecule has 1 aromatic heterocycles. The van der Waals surface area contributed by atoms with Gasteiger partial charge in [0.25, 0.3) is 5.91 Å². The van der Waals surface area contributed by atoms with E-state index in [-0.39, 0.29) is 17.5 Å². The highest BCUT2D eigenvalue weighted by atomic mass is 16.5. The van der Waals surface area contributed by atoms with Crippen LogP contribution in [0.5, 0.6) is 17.2 Å². The second kappa shape index (κ2) is 9.41. The van der Waals surface area contributed by atoms with Gasteiger partial charge in [-0.1, -0.05) is 18.2 Å². The molecule has 0 aliphatic carbocycles. The van der Waals surface area contributed by atoms with Crippen molar-refractivity contribution in [1.29, 1.82) is 0 Å². The van der Waals surface area contributed by atoms with Gasteiger partial charge in [0.15, 0.2) is 0 Å². The fourth-order valence-electron chi connectivity index (χ4n) is 2.68. The summed E-state index contributed by atoms with van der Waals surface area (Å²) in [7, 11) is 4.73. The van der Waals surface area contributed by atoms with Crippen LogP contribution in [0.2, 0.25) is 0 Å². The van der Waals surface area contributed by atoms with Crippen LogP contribution in [0.3, 0.4) is 0 Å². The van der Waals surface area contributed by atoms with Gasteiger partial charge in [0.05, 0.1) is 27.0 Å². The lowest BCUT2D eigenvalue weighted by Crippen LogP contribution is -2.24. The summed E-state index contributed by atoms with van der Waals surface area (Å²) < 4.78 is 15.8. The number of carbonyl (C=O) groups excluding carboxylic acids is 1. The zero-order valence-corrected chi connectivity index (χ0v) is 16.4. The lowest BCUT2D eigenvalue weighted by atomic mass is 10.2. The molecule has 0 saturated heterocycles. The summed E-state index contributed by atoms with van der Waals surface area (Å²) in [5, 5.41) is 5.90. The summed E-state index contributed by atoms with van der Waals surface area (Å²) in [6.07, 6.45) is 1.52. The van der Waals surface area contributed by atoms with Gasteiger partial charge in [0.1, 0.15) is 22.9 Å². The molecule has 0 saturated carbocycles. The van der Waals surface area contributed by atoms with E-state index in [4.69, 9.17) is 14.2 Å². The minimum atomic E-state index is -0.317. The number of methoxy groups -OCH3 is 3. The standard InChI is InChI=1S/C21H22N4O4/c1-27-15-8-9-16(19(12-15)29-3)24-21-22-11-10-17(25-21)20(26)23-13-14-6-4-5-7-18(14)28-2/h4-12H,13H2,1-3H3,(H,23,26)(H,22,24,25). The van der Waals surface area contributed by atoms with Crippen molar-refractivity contribution in [2.45, 2.75) is 6.54 Å². The van der Waals surface area contributed by atoms with Crippen LogP contribution in [0.1, 0.15) is 16.1 Å². The van der Waals surface area contributed by atoms with Crippen LogP contribution < -0.4 is 24.8 Å². The Morgan fingerprint density at radius 2 is 1.76 bits per heavy atom. The maximum atomic E-state index is 12.5. The second-order valence-electron chi connectivity index (χ2n) is 5.95. The first-order valence-corrected chi connectivity index (χ1v) is 8.86. The van der Waals surface area contributed by atoms with Crippen molar-refractivity contribution in [1.82, 2.24) is 15.3 Å². The van der Waals surface area contributed by atoms with Crippen LogP contribution in [-0.4, -0.2) is 37.2 Å². The molecule has 0 bridgehead atoms. The van der Waals surface area contributed by atoms with Crippen LogP contribution in [-0.2, 0) is 6.54 Å². The van der Waals surface area contributed by atoms with Gasteiger partial charge in [0, 0.05) is 24.4 Å². The number of anilines is 2. The van der Waals surface area contributed by atoms with Gasteiger partial charge in [-0.25, -0.2) is 9.97 Å². The van der Waals surface area contributed by atoms with E-state index in [9.17, 15) is 4.79 Å². The van der Waals surface area contributed by atoms with Crippen molar-refractivity contribution in [3.05, 3.63) is 66.0 Å². The first-order chi connectivity index (χ1) is 14.1. The zero-order chi connectivity index (χ0) is 20.6. The van der Waals surface area contributed by atoms with Crippen molar-refractivity contribution in [3.8, 4) is 17.2 Å². The molecule has 2 N–H and O–H groups in total. The van der Waals surface area contributed by atoms with Crippen LogP contribution in [0, 0.1) is 0 Å². The lowest BCUT2D eigenvalue weighted by Gasteiger charge is -2.12. The Hall–Kier alpha value is -3.81. The Labute approximate surface area is 168 Å². The summed E-state index contributed by atoms with van der Waals surface area (Å²) in [4.78, 5) is 21.0. The average molecular weight is 394 g/mol. The van der Waals surface area contributed by atoms with Crippen molar-refractivity contribution >= 4 is 17.5 Å². The molecule has 150 valence electrons. The topological polar surface area (TPSA) is 94.6 Å². The first-order valence-electron chi connectivity index (χ1n) is 8.86. The first kappa shape index (κ1) is 19.9. The Kier molecular flexibility index (Phi) is 6.47. The van der Waals surface area contributed by atoms with Gasteiger partial charge >= 0.3 is 0 Å². The monoisotopic (exact) mass is 394 g/mol. The van der Waals surface area contributed by atoms with Gasteiger partial charge in [-0.15, -0.1) is 0 Å². The highest BCUT2D eigenvalue weighted by Crippen LogP contribution is 2.30. The number of rotatable bonds is 8. The van der Waals surface area contributed by atoms with E-state index < -0.39 is 0 Å². The summed E-state index contributed by atoms with van der Waals surface area (Å²) in [5.74, 6) is 1.91. The molecule has 0 radical (unpaired) electrons. The number of ether oxygens (including phenoxy) is 3. The highest BCUT2D eigenvalue weighted by molar-refractivity contribution is 5.92. The number of para-hydroxylation sites is 1. The van der Waals surface area contributed by atoms with Crippen LogP contribution >= 0.6 is 0 Å².